The molecular weight excluding hydrogens is 450 g/mol. The van der Waals surface area contributed by atoms with Crippen molar-refractivity contribution in [2.45, 2.75) is 23.8 Å². The van der Waals surface area contributed by atoms with E-state index in [4.69, 9.17) is 16.3 Å². The number of fused-ring (bicyclic) bond motifs is 1. The molecule has 1 atom stereocenters. The average Bonchev–Trinajstić information content (AvgIpc) is 2.77. The summed E-state index contributed by atoms with van der Waals surface area (Å²) in [5, 5.41) is 13.8. The number of thioether (sulfide) groups is 1. The number of halogens is 1. The fourth-order valence-electron chi connectivity index (χ4n) is 3.64. The molecule has 0 aliphatic carbocycles. The molecule has 2 aromatic carbocycles. The van der Waals surface area contributed by atoms with Crippen molar-refractivity contribution in [1.82, 2.24) is 9.97 Å². The van der Waals surface area contributed by atoms with Gasteiger partial charge in [0.15, 0.2) is 5.16 Å². The first kappa shape index (κ1) is 22.0. The molecule has 0 amide bonds. The Morgan fingerprint density at radius 3 is 2.62 bits per heavy atom. The van der Waals surface area contributed by atoms with Crippen LogP contribution >= 0.6 is 23.4 Å². The van der Waals surface area contributed by atoms with Crippen molar-refractivity contribution in [1.29, 1.82) is 0 Å². The Bertz CT molecular complexity index is 1270. The van der Waals surface area contributed by atoms with E-state index in [9.17, 15) is 14.7 Å². The zero-order valence-corrected chi connectivity index (χ0v) is 18.9. The third-order valence-electron chi connectivity index (χ3n) is 5.17. The van der Waals surface area contributed by atoms with Crippen molar-refractivity contribution in [2.24, 2.45) is 0 Å². The van der Waals surface area contributed by atoms with Gasteiger partial charge in [-0.2, -0.15) is 0 Å². The number of aromatic nitrogens is 2. The lowest BCUT2D eigenvalue weighted by molar-refractivity contribution is -0.136. The number of hydrogen-bond donors (Lipinski definition) is 3. The zero-order valence-electron chi connectivity index (χ0n) is 17.3. The van der Waals surface area contributed by atoms with Crippen LogP contribution < -0.4 is 10.9 Å². The molecule has 4 rings (SSSR count). The maximum absolute atomic E-state index is 13.2. The van der Waals surface area contributed by atoms with E-state index in [-0.39, 0.29) is 11.3 Å². The number of phenols is 1. The van der Waals surface area contributed by atoms with Crippen molar-refractivity contribution in [2.75, 3.05) is 12.4 Å². The lowest BCUT2D eigenvalue weighted by atomic mass is 9.82. The lowest BCUT2D eigenvalue weighted by Gasteiger charge is -2.28. The number of anilines is 1. The average molecular weight is 470 g/mol. The molecule has 0 spiro atoms. The van der Waals surface area contributed by atoms with Crippen LogP contribution in [0.2, 0.25) is 5.02 Å². The maximum Gasteiger partial charge on any atom is 0.336 e. The normalized spacial score (nSPS) is 15.2. The topological polar surface area (TPSA) is 104 Å². The van der Waals surface area contributed by atoms with Crippen molar-refractivity contribution in [3.8, 4) is 5.75 Å². The molecule has 2 heterocycles. The van der Waals surface area contributed by atoms with Gasteiger partial charge in [-0.1, -0.05) is 53.7 Å². The third-order valence-corrected chi connectivity index (χ3v) is 6.47. The summed E-state index contributed by atoms with van der Waals surface area (Å²) < 4.78 is 4.98. The number of nitrogens with zero attached hydrogens (tertiary/aromatic N) is 1. The lowest BCUT2D eigenvalue weighted by Crippen LogP contribution is -2.30. The Kier molecular flexibility index (Phi) is 6.25. The number of phenolic OH excluding ortho intramolecular Hbond substituents is 1. The van der Waals surface area contributed by atoms with E-state index in [2.05, 4.69) is 15.3 Å². The number of esters is 1. The number of methoxy groups -OCH3 is 1. The SMILES string of the molecule is COC(=O)C1=C(C)Nc2nc(SCc3ccccc3Cl)[nH]c(=O)c2[C@@H]1c1ccc(O)cc1. The van der Waals surface area contributed by atoms with Gasteiger partial charge < -0.3 is 20.1 Å². The van der Waals surface area contributed by atoms with Crippen LogP contribution in [0.25, 0.3) is 0 Å². The number of H-pyrrole nitrogens is 1. The molecule has 0 bridgehead atoms. The highest BCUT2D eigenvalue weighted by atomic mass is 35.5. The summed E-state index contributed by atoms with van der Waals surface area (Å²) in [7, 11) is 1.29. The number of aromatic amines is 1. The molecule has 3 aromatic rings. The first-order valence-electron chi connectivity index (χ1n) is 9.74. The van der Waals surface area contributed by atoms with Crippen molar-refractivity contribution in [3.63, 3.8) is 0 Å². The molecule has 1 aliphatic rings. The number of carbonyl (C=O) groups excluding carboxylic acids is 1. The largest absolute Gasteiger partial charge is 0.508 e. The van der Waals surface area contributed by atoms with E-state index in [1.54, 1.807) is 19.1 Å². The Morgan fingerprint density at radius 2 is 1.94 bits per heavy atom. The van der Waals surface area contributed by atoms with Gasteiger partial charge in [-0.3, -0.25) is 4.79 Å². The zero-order chi connectivity index (χ0) is 22.8. The molecule has 3 N–H and O–H groups in total. The minimum absolute atomic E-state index is 0.0848. The van der Waals surface area contributed by atoms with Crippen LogP contribution in [0.5, 0.6) is 5.75 Å². The molecule has 9 heteroatoms. The minimum atomic E-state index is -0.696. The predicted molar refractivity (Wildman–Crippen MR) is 124 cm³/mol. The van der Waals surface area contributed by atoms with Crippen molar-refractivity contribution < 1.29 is 14.6 Å². The van der Waals surface area contributed by atoms with Gasteiger partial charge in [0.05, 0.1) is 24.2 Å². The summed E-state index contributed by atoms with van der Waals surface area (Å²) in [6.07, 6.45) is 0. The molecule has 1 aromatic heterocycles. The van der Waals surface area contributed by atoms with Gasteiger partial charge in [-0.15, -0.1) is 0 Å². The van der Waals surface area contributed by atoms with E-state index in [1.807, 2.05) is 24.3 Å². The summed E-state index contributed by atoms with van der Waals surface area (Å²) in [6, 6.07) is 13.9. The Hall–Kier alpha value is -3.23. The number of carbonyl (C=O) groups is 1. The van der Waals surface area contributed by atoms with Crippen LogP contribution in [0.15, 0.2) is 69.8 Å². The van der Waals surface area contributed by atoms with Crippen LogP contribution in [-0.4, -0.2) is 28.2 Å². The summed E-state index contributed by atoms with van der Waals surface area (Å²) in [6.45, 7) is 1.74. The van der Waals surface area contributed by atoms with E-state index < -0.39 is 11.9 Å². The second-order valence-electron chi connectivity index (χ2n) is 7.19. The van der Waals surface area contributed by atoms with E-state index >= 15 is 0 Å². The Labute approximate surface area is 193 Å². The van der Waals surface area contributed by atoms with Crippen LogP contribution in [0.1, 0.15) is 29.5 Å². The van der Waals surface area contributed by atoms with E-state index in [1.165, 1.54) is 31.0 Å². The monoisotopic (exact) mass is 469 g/mol. The first-order valence-corrected chi connectivity index (χ1v) is 11.1. The van der Waals surface area contributed by atoms with E-state index in [0.717, 1.165) is 5.56 Å². The fourth-order valence-corrected chi connectivity index (χ4v) is 4.79. The van der Waals surface area contributed by atoms with Crippen LogP contribution in [0, 0.1) is 0 Å². The van der Waals surface area contributed by atoms with Crippen LogP contribution in [0.4, 0.5) is 5.82 Å². The van der Waals surface area contributed by atoms with Crippen LogP contribution in [0.3, 0.4) is 0 Å². The molecule has 0 fully saturated rings. The van der Waals surface area contributed by atoms with Gasteiger partial charge >= 0.3 is 5.97 Å². The van der Waals surface area contributed by atoms with Gasteiger partial charge in [0.25, 0.3) is 5.56 Å². The molecule has 1 aliphatic heterocycles. The van der Waals surface area contributed by atoms with Gasteiger partial charge in [-0.25, -0.2) is 9.78 Å². The smallest absolute Gasteiger partial charge is 0.336 e. The summed E-state index contributed by atoms with van der Waals surface area (Å²) in [4.78, 5) is 33.2. The van der Waals surface area contributed by atoms with Gasteiger partial charge in [-0.05, 0) is 36.2 Å². The van der Waals surface area contributed by atoms with Gasteiger partial charge in [0, 0.05) is 16.5 Å². The summed E-state index contributed by atoms with van der Waals surface area (Å²) in [5.74, 6) is -0.251. The highest BCUT2D eigenvalue weighted by molar-refractivity contribution is 7.98. The molecule has 0 saturated carbocycles. The van der Waals surface area contributed by atoms with E-state index in [0.29, 0.717) is 44.1 Å². The summed E-state index contributed by atoms with van der Waals surface area (Å²) >= 11 is 7.58. The standard InChI is InChI=1S/C23H20ClN3O4S/c1-12-17(22(30)31-2)18(13-7-9-15(28)10-8-13)19-20(25-12)26-23(27-21(19)29)32-11-14-5-3-4-6-16(14)24/h3-10,18,28H,11H2,1-2H3,(H2,25,26,27,29)/t18-/m1/s1. The number of nitrogens with one attached hydrogen (secondary N) is 2. The highest BCUT2D eigenvalue weighted by Crippen LogP contribution is 2.40. The number of rotatable bonds is 5. The number of allylic oxidation sites excluding steroid dienone is 1. The second kappa shape index (κ2) is 9.10. The highest BCUT2D eigenvalue weighted by Gasteiger charge is 2.36. The Morgan fingerprint density at radius 1 is 1.22 bits per heavy atom. The third kappa shape index (κ3) is 4.24. The minimum Gasteiger partial charge on any atom is -0.508 e. The number of ether oxygens (including phenoxy) is 1. The molecular formula is C23H20ClN3O4S. The van der Waals surface area contributed by atoms with Gasteiger partial charge in [0.2, 0.25) is 0 Å². The predicted octanol–water partition coefficient (Wildman–Crippen LogP) is 4.43. The van der Waals surface area contributed by atoms with Crippen molar-refractivity contribution >= 4 is 35.1 Å². The molecule has 0 saturated heterocycles. The van der Waals surface area contributed by atoms with Gasteiger partial charge in [0.1, 0.15) is 11.6 Å². The van der Waals surface area contributed by atoms with Crippen molar-refractivity contribution in [3.05, 3.63) is 91.9 Å². The molecule has 0 radical (unpaired) electrons. The fraction of sp³-hybridized carbons (Fsp3) is 0.174. The molecule has 0 unspecified atom stereocenters. The number of benzene rings is 2. The summed E-state index contributed by atoms with van der Waals surface area (Å²) in [5.41, 5.74) is 2.39. The molecule has 32 heavy (non-hydrogen) atoms. The number of hydrogen-bond acceptors (Lipinski definition) is 7. The molecule has 7 nitrogen and oxygen atoms in total. The second-order valence-corrected chi connectivity index (χ2v) is 8.56. The quantitative estimate of drug-likeness (QED) is 0.288. The molecule has 164 valence electrons. The van der Waals surface area contributed by atoms with Crippen LogP contribution in [-0.2, 0) is 15.3 Å². The first-order chi connectivity index (χ1) is 15.4. The Balaban J connectivity index is 1.76. The number of aromatic hydroxyl groups is 1. The maximum atomic E-state index is 13.2.